The van der Waals surface area contributed by atoms with Crippen LogP contribution in [0.1, 0.15) is 60.8 Å². The summed E-state index contributed by atoms with van der Waals surface area (Å²) >= 11 is 0. The van der Waals surface area contributed by atoms with Crippen LogP contribution in [0, 0.1) is 6.92 Å². The zero-order chi connectivity index (χ0) is 21.5. The molecule has 2 heterocycles. The van der Waals surface area contributed by atoms with Gasteiger partial charge in [-0.15, -0.1) is 0 Å². The molecule has 162 valence electrons. The predicted octanol–water partition coefficient (Wildman–Crippen LogP) is 2.87. The molecule has 0 radical (unpaired) electrons. The van der Waals surface area contributed by atoms with E-state index >= 15 is 0 Å². The highest BCUT2D eigenvalue weighted by molar-refractivity contribution is 5.92. The van der Waals surface area contributed by atoms with E-state index in [9.17, 15) is 9.59 Å². The van der Waals surface area contributed by atoms with Crippen LogP contribution in [-0.2, 0) is 4.79 Å². The Kier molecular flexibility index (Phi) is 7.63. The molecule has 2 N–H and O–H groups in total. The minimum Gasteiger partial charge on any atom is -0.360 e. The van der Waals surface area contributed by atoms with Crippen LogP contribution in [0.3, 0.4) is 0 Å². The zero-order valence-electron chi connectivity index (χ0n) is 18.0. The van der Waals surface area contributed by atoms with Crippen molar-refractivity contribution in [2.45, 2.75) is 64.1 Å². The van der Waals surface area contributed by atoms with E-state index in [2.05, 4.69) is 39.7 Å². The molecule has 1 aliphatic carbocycles. The van der Waals surface area contributed by atoms with E-state index in [0.717, 1.165) is 19.4 Å². The summed E-state index contributed by atoms with van der Waals surface area (Å²) in [6, 6.07) is 13.0. The Morgan fingerprint density at radius 1 is 1.30 bits per heavy atom. The van der Waals surface area contributed by atoms with Crippen molar-refractivity contribution >= 4 is 12.3 Å². The lowest BCUT2D eigenvalue weighted by atomic mass is 10.1. The smallest absolute Gasteiger partial charge is 0.273 e. The van der Waals surface area contributed by atoms with E-state index in [1.165, 1.54) is 18.4 Å². The Labute approximate surface area is 178 Å². The molecule has 2 atom stereocenters. The molecule has 0 spiro atoms. The van der Waals surface area contributed by atoms with E-state index in [0.29, 0.717) is 30.1 Å². The molecule has 7 nitrogen and oxygen atoms in total. The van der Waals surface area contributed by atoms with Gasteiger partial charge in [0.2, 0.25) is 6.41 Å². The van der Waals surface area contributed by atoms with Crippen molar-refractivity contribution in [2.24, 2.45) is 0 Å². The topological polar surface area (TPSA) is 87.5 Å². The Morgan fingerprint density at radius 3 is 2.57 bits per heavy atom. The molecule has 2 aromatic rings. The molecular formula is C23H32N4O3. The molecule has 1 aromatic carbocycles. The number of nitrogens with one attached hydrogen (secondary N) is 2. The van der Waals surface area contributed by atoms with Crippen molar-refractivity contribution < 1.29 is 14.1 Å². The molecule has 2 unspecified atom stereocenters. The summed E-state index contributed by atoms with van der Waals surface area (Å²) in [7, 11) is 0. The molecule has 1 saturated carbocycles. The minimum atomic E-state index is -0.189. The van der Waals surface area contributed by atoms with Gasteiger partial charge in [0.05, 0.1) is 0 Å². The van der Waals surface area contributed by atoms with Crippen LogP contribution >= 0.6 is 0 Å². The van der Waals surface area contributed by atoms with E-state index in [-0.39, 0.29) is 17.9 Å². The molecule has 1 saturated heterocycles. The SMILES string of the molecule is CC(C)c1cc(C(=O)NC2CC(CNC=O)N(C3CC3)C2)no1.Cc1ccccc1. The second kappa shape index (κ2) is 10.4. The lowest BCUT2D eigenvalue weighted by Crippen LogP contribution is -2.39. The third kappa shape index (κ3) is 6.16. The van der Waals surface area contributed by atoms with Gasteiger partial charge in [0.1, 0.15) is 5.76 Å². The second-order valence-corrected chi connectivity index (χ2v) is 8.44. The van der Waals surface area contributed by atoms with Gasteiger partial charge in [-0.2, -0.15) is 0 Å². The largest absolute Gasteiger partial charge is 0.360 e. The van der Waals surface area contributed by atoms with Gasteiger partial charge in [0.25, 0.3) is 5.91 Å². The number of benzene rings is 1. The van der Waals surface area contributed by atoms with Gasteiger partial charge in [-0.25, -0.2) is 0 Å². The standard InChI is InChI=1S/C16H24N4O3.C7H8/c1-10(2)15-6-14(19-23-15)16(22)18-11-5-13(7-17-9-21)20(8-11)12-3-4-12;1-7-5-3-2-4-6-7/h6,9-13H,3-5,7-8H2,1-2H3,(H,17,21)(H,18,22);2-6H,1H3. The Morgan fingerprint density at radius 2 is 2.03 bits per heavy atom. The number of aromatic nitrogens is 1. The van der Waals surface area contributed by atoms with Crippen LogP contribution in [-0.4, -0.2) is 53.6 Å². The van der Waals surface area contributed by atoms with Gasteiger partial charge >= 0.3 is 0 Å². The van der Waals surface area contributed by atoms with E-state index in [1.54, 1.807) is 6.07 Å². The predicted molar refractivity (Wildman–Crippen MR) is 115 cm³/mol. The fraction of sp³-hybridized carbons (Fsp3) is 0.522. The number of rotatable bonds is 7. The Balaban J connectivity index is 0.000000310. The highest BCUT2D eigenvalue weighted by atomic mass is 16.5. The molecule has 1 aliphatic heterocycles. The first-order chi connectivity index (χ1) is 14.5. The Hall–Kier alpha value is -2.67. The number of amides is 2. The average Bonchev–Trinajstić information content (AvgIpc) is 3.30. The van der Waals surface area contributed by atoms with Crippen molar-refractivity contribution in [1.29, 1.82) is 0 Å². The highest BCUT2D eigenvalue weighted by Crippen LogP contribution is 2.33. The van der Waals surface area contributed by atoms with Crippen LogP contribution in [0.15, 0.2) is 40.9 Å². The summed E-state index contributed by atoms with van der Waals surface area (Å²) in [5.74, 6) is 0.735. The van der Waals surface area contributed by atoms with Crippen LogP contribution in [0.4, 0.5) is 0 Å². The molecule has 2 fully saturated rings. The number of carbonyl (C=O) groups excluding carboxylic acids is 2. The number of likely N-dealkylation sites (tertiary alicyclic amines) is 1. The molecule has 30 heavy (non-hydrogen) atoms. The summed E-state index contributed by atoms with van der Waals surface area (Å²) in [6.07, 6.45) is 4.00. The number of carbonyl (C=O) groups is 2. The summed E-state index contributed by atoms with van der Waals surface area (Å²) < 4.78 is 5.19. The molecule has 7 heteroatoms. The first-order valence-electron chi connectivity index (χ1n) is 10.7. The summed E-state index contributed by atoms with van der Waals surface area (Å²) in [5.41, 5.74) is 1.66. The summed E-state index contributed by atoms with van der Waals surface area (Å²) in [5, 5.41) is 9.66. The maximum absolute atomic E-state index is 12.3. The van der Waals surface area contributed by atoms with Crippen LogP contribution in [0.2, 0.25) is 0 Å². The van der Waals surface area contributed by atoms with Crippen LogP contribution < -0.4 is 10.6 Å². The third-order valence-electron chi connectivity index (χ3n) is 5.52. The van der Waals surface area contributed by atoms with Gasteiger partial charge in [0, 0.05) is 43.2 Å². The summed E-state index contributed by atoms with van der Waals surface area (Å²) in [4.78, 5) is 25.3. The maximum Gasteiger partial charge on any atom is 0.273 e. The second-order valence-electron chi connectivity index (χ2n) is 8.44. The van der Waals surface area contributed by atoms with Crippen molar-refractivity contribution in [1.82, 2.24) is 20.7 Å². The van der Waals surface area contributed by atoms with Crippen LogP contribution in [0.5, 0.6) is 0 Å². The Bertz CT molecular complexity index is 817. The first-order valence-corrected chi connectivity index (χ1v) is 10.7. The van der Waals surface area contributed by atoms with Gasteiger partial charge in [0.15, 0.2) is 5.69 Å². The van der Waals surface area contributed by atoms with E-state index < -0.39 is 0 Å². The molecule has 2 aliphatic rings. The van der Waals surface area contributed by atoms with Gasteiger partial charge in [-0.05, 0) is 26.2 Å². The molecule has 4 rings (SSSR count). The zero-order valence-corrected chi connectivity index (χ0v) is 18.0. The number of hydrogen-bond donors (Lipinski definition) is 2. The van der Waals surface area contributed by atoms with Crippen molar-refractivity contribution in [3.05, 3.63) is 53.4 Å². The van der Waals surface area contributed by atoms with Crippen molar-refractivity contribution in [2.75, 3.05) is 13.1 Å². The fourth-order valence-corrected chi connectivity index (χ4v) is 3.75. The minimum absolute atomic E-state index is 0.0840. The quantitative estimate of drug-likeness (QED) is 0.683. The highest BCUT2D eigenvalue weighted by Gasteiger charge is 2.41. The van der Waals surface area contributed by atoms with Gasteiger partial charge in [-0.1, -0.05) is 54.9 Å². The summed E-state index contributed by atoms with van der Waals surface area (Å²) in [6.45, 7) is 7.54. The average molecular weight is 413 g/mol. The molecular weight excluding hydrogens is 380 g/mol. The van der Waals surface area contributed by atoms with Crippen molar-refractivity contribution in [3.8, 4) is 0 Å². The van der Waals surface area contributed by atoms with E-state index in [4.69, 9.17) is 4.52 Å². The molecule has 0 bridgehead atoms. The monoisotopic (exact) mass is 412 g/mol. The van der Waals surface area contributed by atoms with Gasteiger partial charge in [-0.3, -0.25) is 14.5 Å². The number of nitrogens with zero attached hydrogens (tertiary/aromatic N) is 2. The number of aryl methyl sites for hydroxylation is 1. The van der Waals surface area contributed by atoms with Crippen molar-refractivity contribution in [3.63, 3.8) is 0 Å². The lowest BCUT2D eigenvalue weighted by Gasteiger charge is -2.23. The van der Waals surface area contributed by atoms with Gasteiger partial charge < -0.3 is 15.2 Å². The number of hydrogen-bond acceptors (Lipinski definition) is 5. The van der Waals surface area contributed by atoms with Crippen LogP contribution in [0.25, 0.3) is 0 Å². The first kappa shape index (κ1) is 22.0. The molecule has 1 aromatic heterocycles. The van der Waals surface area contributed by atoms with E-state index in [1.807, 2.05) is 32.0 Å². The normalized spacial score (nSPS) is 21.1. The lowest BCUT2D eigenvalue weighted by molar-refractivity contribution is -0.109. The molecule has 2 amide bonds. The third-order valence-corrected chi connectivity index (χ3v) is 5.52. The fourth-order valence-electron chi connectivity index (χ4n) is 3.75. The maximum atomic E-state index is 12.3.